The number of hydrogen-bond acceptors (Lipinski definition) is 3. The minimum atomic E-state index is -0.662. The van der Waals surface area contributed by atoms with Gasteiger partial charge in [0.1, 0.15) is 0 Å². The number of ether oxygens (including phenoxy) is 1. The van der Waals surface area contributed by atoms with E-state index in [1.165, 1.54) is 12.7 Å². The van der Waals surface area contributed by atoms with Gasteiger partial charge in [0.25, 0.3) is 0 Å². The molecule has 0 radical (unpaired) electrons. The van der Waals surface area contributed by atoms with Crippen molar-refractivity contribution in [3.63, 3.8) is 0 Å². The second-order valence-electron chi connectivity index (χ2n) is 5.92. The number of aliphatic hydroxyl groups excluding tert-OH is 1. The van der Waals surface area contributed by atoms with Gasteiger partial charge in [0.2, 0.25) is 0 Å². The highest BCUT2D eigenvalue weighted by Gasteiger charge is 2.23. The van der Waals surface area contributed by atoms with Gasteiger partial charge in [0, 0.05) is 19.7 Å². The van der Waals surface area contributed by atoms with Gasteiger partial charge >= 0.3 is 6.03 Å². The summed E-state index contributed by atoms with van der Waals surface area (Å²) < 4.78 is 4.82. The van der Waals surface area contributed by atoms with E-state index in [2.05, 4.69) is 34.9 Å². The average Bonchev–Trinajstić information content (AvgIpc) is 2.55. The summed E-state index contributed by atoms with van der Waals surface area (Å²) in [7, 11) is 1.52. The highest BCUT2D eigenvalue weighted by Crippen LogP contribution is 2.32. The topological polar surface area (TPSA) is 70.6 Å². The molecule has 0 spiro atoms. The lowest BCUT2D eigenvalue weighted by Crippen LogP contribution is -2.46. The highest BCUT2D eigenvalue weighted by molar-refractivity contribution is 5.74. The lowest BCUT2D eigenvalue weighted by molar-refractivity contribution is 0.0658. The molecule has 0 saturated heterocycles. The molecule has 1 fully saturated rings. The fraction of sp³-hybridized carbons (Fsp3) is 0.588. The summed E-state index contributed by atoms with van der Waals surface area (Å²) in [5, 5.41) is 15.2. The molecule has 122 valence electrons. The van der Waals surface area contributed by atoms with Crippen LogP contribution in [0.5, 0.6) is 0 Å². The zero-order valence-electron chi connectivity index (χ0n) is 13.1. The number of nitrogens with one attached hydrogen (secondary N) is 2. The molecule has 0 bridgehead atoms. The third-order valence-electron chi connectivity index (χ3n) is 4.19. The first-order valence-corrected chi connectivity index (χ1v) is 7.95. The van der Waals surface area contributed by atoms with Crippen molar-refractivity contribution < 1.29 is 14.6 Å². The normalized spacial score (nSPS) is 22.8. The van der Waals surface area contributed by atoms with Crippen LogP contribution in [-0.4, -0.2) is 43.5 Å². The van der Waals surface area contributed by atoms with Crippen LogP contribution in [0.4, 0.5) is 4.79 Å². The van der Waals surface area contributed by atoms with Gasteiger partial charge in [0.05, 0.1) is 12.7 Å². The quantitative estimate of drug-likeness (QED) is 0.753. The van der Waals surface area contributed by atoms with E-state index in [0.717, 1.165) is 25.7 Å². The minimum Gasteiger partial charge on any atom is -0.389 e. The van der Waals surface area contributed by atoms with Crippen LogP contribution >= 0.6 is 0 Å². The smallest absolute Gasteiger partial charge is 0.315 e. The van der Waals surface area contributed by atoms with E-state index in [9.17, 15) is 9.90 Å². The zero-order chi connectivity index (χ0) is 15.8. The molecule has 0 aromatic heterocycles. The van der Waals surface area contributed by atoms with E-state index in [4.69, 9.17) is 4.74 Å². The Kier molecular flexibility index (Phi) is 6.68. The van der Waals surface area contributed by atoms with Crippen LogP contribution in [-0.2, 0) is 4.74 Å². The van der Waals surface area contributed by atoms with Crippen LogP contribution in [0.15, 0.2) is 30.3 Å². The van der Waals surface area contributed by atoms with Gasteiger partial charge in [-0.2, -0.15) is 0 Å². The number of hydrogen-bond donors (Lipinski definition) is 3. The summed E-state index contributed by atoms with van der Waals surface area (Å²) in [5.41, 5.74) is 1.40. The van der Waals surface area contributed by atoms with Gasteiger partial charge in [-0.05, 0) is 37.2 Å². The second kappa shape index (κ2) is 8.76. The molecule has 3 N–H and O–H groups in total. The van der Waals surface area contributed by atoms with Crippen molar-refractivity contribution in [1.82, 2.24) is 10.6 Å². The van der Waals surface area contributed by atoms with Crippen molar-refractivity contribution in [2.24, 2.45) is 0 Å². The first-order valence-electron chi connectivity index (χ1n) is 7.95. The Hall–Kier alpha value is -1.59. The molecule has 1 saturated carbocycles. The molecular weight excluding hydrogens is 280 g/mol. The number of benzene rings is 1. The minimum absolute atomic E-state index is 0.207. The molecule has 5 nitrogen and oxygen atoms in total. The van der Waals surface area contributed by atoms with Crippen molar-refractivity contribution in [3.8, 4) is 0 Å². The molecule has 5 heteroatoms. The van der Waals surface area contributed by atoms with Gasteiger partial charge in [-0.1, -0.05) is 30.3 Å². The van der Waals surface area contributed by atoms with Gasteiger partial charge < -0.3 is 20.5 Å². The molecule has 1 aromatic carbocycles. The number of carbonyl (C=O) groups is 1. The Morgan fingerprint density at radius 2 is 1.95 bits per heavy atom. The fourth-order valence-electron chi connectivity index (χ4n) is 2.99. The van der Waals surface area contributed by atoms with Crippen LogP contribution in [0, 0.1) is 0 Å². The van der Waals surface area contributed by atoms with E-state index in [0.29, 0.717) is 5.92 Å². The molecule has 22 heavy (non-hydrogen) atoms. The molecule has 1 aliphatic rings. The number of methoxy groups -OCH3 is 1. The number of urea groups is 1. The van der Waals surface area contributed by atoms with Crippen LogP contribution in [0.3, 0.4) is 0 Å². The molecule has 0 heterocycles. The summed E-state index contributed by atoms with van der Waals surface area (Å²) in [6.07, 6.45) is 3.52. The summed E-state index contributed by atoms with van der Waals surface area (Å²) >= 11 is 0. The molecule has 2 amide bonds. The first kappa shape index (κ1) is 16.8. The summed E-state index contributed by atoms with van der Waals surface area (Å²) in [6.45, 7) is 0.432. The molecule has 1 unspecified atom stereocenters. The maximum atomic E-state index is 11.8. The Morgan fingerprint density at radius 3 is 2.59 bits per heavy atom. The number of amides is 2. The number of rotatable bonds is 6. The van der Waals surface area contributed by atoms with Crippen molar-refractivity contribution in [2.75, 3.05) is 20.3 Å². The molecule has 1 aliphatic carbocycles. The molecule has 1 atom stereocenters. The number of aliphatic hydroxyl groups is 1. The van der Waals surface area contributed by atoms with Crippen LogP contribution in [0.2, 0.25) is 0 Å². The van der Waals surface area contributed by atoms with Crippen LogP contribution in [0.1, 0.15) is 37.2 Å². The van der Waals surface area contributed by atoms with Crippen LogP contribution < -0.4 is 10.6 Å². The fourth-order valence-corrected chi connectivity index (χ4v) is 2.99. The molecule has 0 aliphatic heterocycles. The van der Waals surface area contributed by atoms with Gasteiger partial charge in [-0.25, -0.2) is 4.79 Å². The van der Waals surface area contributed by atoms with Crippen molar-refractivity contribution in [2.45, 2.75) is 43.7 Å². The average molecular weight is 306 g/mol. The predicted molar refractivity (Wildman–Crippen MR) is 85.9 cm³/mol. The zero-order valence-corrected chi connectivity index (χ0v) is 13.1. The lowest BCUT2D eigenvalue weighted by atomic mass is 9.82. The Bertz CT molecular complexity index is 444. The summed E-state index contributed by atoms with van der Waals surface area (Å²) in [6, 6.07) is 10.6. The second-order valence-corrected chi connectivity index (χ2v) is 5.92. The molecule has 1 aromatic rings. The Labute approximate surface area is 132 Å². The first-order chi connectivity index (χ1) is 10.7. The SMILES string of the molecule is COCC(O)CNC(=O)NC1CCC(c2ccccc2)CC1. The molecular formula is C17H26N2O3. The van der Waals surface area contributed by atoms with E-state index in [1.807, 2.05) is 6.07 Å². The van der Waals surface area contributed by atoms with E-state index in [1.54, 1.807) is 0 Å². The number of carbonyl (C=O) groups excluding carboxylic acids is 1. The van der Waals surface area contributed by atoms with E-state index >= 15 is 0 Å². The Morgan fingerprint density at radius 1 is 1.27 bits per heavy atom. The van der Waals surface area contributed by atoms with Gasteiger partial charge in [0.15, 0.2) is 0 Å². The monoisotopic (exact) mass is 306 g/mol. The predicted octanol–water partition coefficient (Wildman–Crippen LogP) is 2.02. The maximum Gasteiger partial charge on any atom is 0.315 e. The summed E-state index contributed by atoms with van der Waals surface area (Å²) in [4.78, 5) is 11.8. The van der Waals surface area contributed by atoms with Crippen molar-refractivity contribution in [3.05, 3.63) is 35.9 Å². The maximum absolute atomic E-state index is 11.8. The third-order valence-corrected chi connectivity index (χ3v) is 4.19. The van der Waals surface area contributed by atoms with Gasteiger partial charge in [-0.15, -0.1) is 0 Å². The van der Waals surface area contributed by atoms with Crippen molar-refractivity contribution in [1.29, 1.82) is 0 Å². The third kappa shape index (κ3) is 5.31. The standard InChI is InChI=1S/C17H26N2O3/c1-22-12-16(20)11-18-17(21)19-15-9-7-14(8-10-15)13-5-3-2-4-6-13/h2-6,14-16,20H,7-12H2,1H3,(H2,18,19,21). The highest BCUT2D eigenvalue weighted by atomic mass is 16.5. The molecule has 2 rings (SSSR count). The van der Waals surface area contributed by atoms with E-state index < -0.39 is 6.10 Å². The van der Waals surface area contributed by atoms with E-state index in [-0.39, 0.29) is 25.2 Å². The Balaban J connectivity index is 1.68. The van der Waals surface area contributed by atoms with Crippen LogP contribution in [0.25, 0.3) is 0 Å². The summed E-state index contributed by atoms with van der Waals surface area (Å²) in [5.74, 6) is 0.603. The van der Waals surface area contributed by atoms with Crippen molar-refractivity contribution >= 4 is 6.03 Å². The van der Waals surface area contributed by atoms with Gasteiger partial charge in [-0.3, -0.25) is 0 Å². The largest absolute Gasteiger partial charge is 0.389 e. The lowest BCUT2D eigenvalue weighted by Gasteiger charge is -2.29.